The molecule has 3 aromatic carbocycles. The smallest absolute Gasteiger partial charge is 0.243 e. The first kappa shape index (κ1) is 42.0. The molecule has 0 unspecified atom stereocenters. The summed E-state index contributed by atoms with van der Waals surface area (Å²) in [6, 6.07) is 17.7. The van der Waals surface area contributed by atoms with E-state index in [4.69, 9.17) is 5.73 Å². The highest BCUT2D eigenvalue weighted by Gasteiger charge is 2.35. The van der Waals surface area contributed by atoms with Crippen LogP contribution in [0.1, 0.15) is 61.7 Å². The molecule has 1 aliphatic rings. The van der Waals surface area contributed by atoms with Crippen molar-refractivity contribution in [3.05, 3.63) is 108 Å². The predicted molar refractivity (Wildman–Crippen MR) is 218 cm³/mol. The van der Waals surface area contributed by atoms with Gasteiger partial charge in [0, 0.05) is 36.4 Å². The Morgan fingerprint density at radius 2 is 1.34 bits per heavy atom. The number of nitrogens with zero attached hydrogens (tertiary/aromatic N) is 4. The lowest BCUT2D eigenvalue weighted by atomic mass is 9.99. The molecule has 1 aliphatic heterocycles. The Kier molecular flexibility index (Phi) is 14.0. The lowest BCUT2D eigenvalue weighted by Gasteiger charge is -2.29. The molecule has 310 valence electrons. The minimum absolute atomic E-state index is 0.00482. The molecule has 0 spiro atoms. The molecule has 0 saturated heterocycles. The third kappa shape index (κ3) is 11.1. The quantitative estimate of drug-likeness (QED) is 0.0894. The van der Waals surface area contributed by atoms with Crippen molar-refractivity contribution < 1.29 is 29.1 Å². The Hall–Kier alpha value is -6.62. The van der Waals surface area contributed by atoms with Crippen LogP contribution in [-0.2, 0) is 49.8 Å². The molecular formula is C42H51N11O6. The summed E-state index contributed by atoms with van der Waals surface area (Å²) in [6.45, 7) is 3.53. The van der Waals surface area contributed by atoms with E-state index in [0.717, 1.165) is 22.0 Å². The van der Waals surface area contributed by atoms with Crippen LogP contribution < -0.4 is 32.3 Å². The fraction of sp³-hybridized carbons (Fsp3) is 0.381. The number of nitrogens with one attached hydrogen (secondary N) is 6. The number of hydrogen-bond donors (Lipinski definition) is 8. The van der Waals surface area contributed by atoms with Crippen LogP contribution in [0.15, 0.2) is 85.1 Å². The van der Waals surface area contributed by atoms with Crippen molar-refractivity contribution >= 4 is 40.4 Å². The fourth-order valence-electron chi connectivity index (χ4n) is 7.17. The summed E-state index contributed by atoms with van der Waals surface area (Å²) < 4.78 is 1.26. The lowest BCUT2D eigenvalue weighted by Crippen LogP contribution is -2.60. The molecule has 2 aromatic heterocycles. The van der Waals surface area contributed by atoms with E-state index in [1.807, 2.05) is 54.6 Å². The number of amides is 5. The highest BCUT2D eigenvalue weighted by Crippen LogP contribution is 2.21. The standard InChI is InChI=1S/C42H51N11O6/c1-25(2)37-42(59)47-33(20-26-10-4-3-5-11-26)38-50-51-52-53(38)24-36(55)45-34(21-27-15-17-29(54)18-16-27)40(57)48-35(22-28-23-44-31-13-7-6-12-30(28)31)41(58)46-32(39(56)49-37)14-8-9-19-43/h3-7,10-13,15-18,23,25,32-35,37,44,54H,8-9,14,19-22,24,43H2,1-2H3,(H,45,55)(H,46,58)(H,47,59)(H,48,57)(H,49,56)/t32-,33-,34-,35+,37-/m0/s1. The summed E-state index contributed by atoms with van der Waals surface area (Å²) in [6.07, 6.45) is 3.32. The largest absolute Gasteiger partial charge is 0.508 e. The third-order valence-corrected chi connectivity index (χ3v) is 10.4. The van der Waals surface area contributed by atoms with Gasteiger partial charge in [-0.2, -0.15) is 0 Å². The number of para-hydroxylation sites is 1. The van der Waals surface area contributed by atoms with Gasteiger partial charge in [-0.25, -0.2) is 4.68 Å². The van der Waals surface area contributed by atoms with E-state index in [9.17, 15) is 29.1 Å². The third-order valence-electron chi connectivity index (χ3n) is 10.4. The number of benzene rings is 3. The average Bonchev–Trinajstić information content (AvgIpc) is 3.86. The zero-order chi connectivity index (χ0) is 41.9. The molecule has 5 aromatic rings. The predicted octanol–water partition coefficient (Wildman–Crippen LogP) is 1.48. The molecule has 0 aliphatic carbocycles. The summed E-state index contributed by atoms with van der Waals surface area (Å²) >= 11 is 0. The SMILES string of the molecule is CC(C)[C@@H]1NC(=O)[C@H](CCCCN)NC(=O)[C@@H](Cc2c[nH]c3ccccc23)NC(=O)[C@H](Cc2ccc(O)cc2)NC(=O)Cn2nnnc2[C@H](Cc2ccccc2)NC1=O. The van der Waals surface area contributed by atoms with Crippen molar-refractivity contribution in [3.63, 3.8) is 0 Å². The number of phenols is 1. The molecule has 0 saturated carbocycles. The molecule has 5 amide bonds. The van der Waals surface area contributed by atoms with E-state index in [0.29, 0.717) is 24.9 Å². The molecule has 0 bridgehead atoms. The van der Waals surface area contributed by atoms with E-state index < -0.39 is 66.3 Å². The van der Waals surface area contributed by atoms with Crippen molar-refractivity contribution in [2.45, 2.75) is 89.1 Å². The summed E-state index contributed by atoms with van der Waals surface area (Å²) in [5, 5.41) is 37.3. The van der Waals surface area contributed by atoms with Gasteiger partial charge in [0.25, 0.3) is 0 Å². The van der Waals surface area contributed by atoms with Crippen LogP contribution in [0.4, 0.5) is 0 Å². The average molecular weight is 806 g/mol. The zero-order valence-corrected chi connectivity index (χ0v) is 33.1. The van der Waals surface area contributed by atoms with Crippen LogP contribution in [0.5, 0.6) is 5.75 Å². The topological polar surface area (TPSA) is 251 Å². The Morgan fingerprint density at radius 3 is 2.07 bits per heavy atom. The second-order valence-electron chi connectivity index (χ2n) is 15.1. The number of nitrogens with two attached hydrogens (primary N) is 1. The maximum Gasteiger partial charge on any atom is 0.243 e. The first-order valence-electron chi connectivity index (χ1n) is 19.8. The van der Waals surface area contributed by atoms with Crippen LogP contribution in [0.3, 0.4) is 0 Å². The van der Waals surface area contributed by atoms with Gasteiger partial charge in [0.1, 0.15) is 36.5 Å². The number of H-pyrrole nitrogens is 1. The molecule has 3 heterocycles. The lowest BCUT2D eigenvalue weighted by molar-refractivity contribution is -0.135. The van der Waals surface area contributed by atoms with E-state index in [1.54, 1.807) is 32.2 Å². The Balaban J connectivity index is 1.40. The van der Waals surface area contributed by atoms with Crippen LogP contribution in [0.2, 0.25) is 0 Å². The zero-order valence-electron chi connectivity index (χ0n) is 33.1. The number of hydrogen-bond acceptors (Lipinski definition) is 10. The maximum absolute atomic E-state index is 14.4. The summed E-state index contributed by atoms with van der Waals surface area (Å²) in [7, 11) is 0. The summed E-state index contributed by atoms with van der Waals surface area (Å²) in [5.41, 5.74) is 8.83. The molecule has 9 N–H and O–H groups in total. The maximum atomic E-state index is 14.4. The number of aromatic amines is 1. The summed E-state index contributed by atoms with van der Waals surface area (Å²) in [4.78, 5) is 74.2. The van der Waals surface area contributed by atoms with Gasteiger partial charge in [-0.15, -0.1) is 5.10 Å². The highest BCUT2D eigenvalue weighted by molar-refractivity contribution is 5.96. The molecule has 17 nitrogen and oxygen atoms in total. The van der Waals surface area contributed by atoms with Crippen molar-refractivity contribution in [1.82, 2.24) is 51.8 Å². The Morgan fingerprint density at radius 1 is 0.712 bits per heavy atom. The van der Waals surface area contributed by atoms with Crippen molar-refractivity contribution in [3.8, 4) is 5.75 Å². The molecule has 5 atom stereocenters. The van der Waals surface area contributed by atoms with Gasteiger partial charge in [-0.1, -0.05) is 74.5 Å². The van der Waals surface area contributed by atoms with Gasteiger partial charge in [0.2, 0.25) is 29.5 Å². The van der Waals surface area contributed by atoms with Crippen molar-refractivity contribution in [1.29, 1.82) is 0 Å². The molecule has 0 fully saturated rings. The molecule has 6 rings (SSSR count). The number of rotatable bonds is 11. The van der Waals surface area contributed by atoms with Crippen LogP contribution in [0.25, 0.3) is 10.9 Å². The van der Waals surface area contributed by atoms with Gasteiger partial charge >= 0.3 is 0 Å². The van der Waals surface area contributed by atoms with Gasteiger partial charge in [-0.05, 0) is 77.0 Å². The van der Waals surface area contributed by atoms with E-state index >= 15 is 0 Å². The van der Waals surface area contributed by atoms with Gasteiger partial charge in [0.15, 0.2) is 5.82 Å². The van der Waals surface area contributed by atoms with E-state index in [1.165, 1.54) is 16.8 Å². The first-order chi connectivity index (χ1) is 28.5. The normalized spacial score (nSPS) is 21.1. The van der Waals surface area contributed by atoms with Crippen molar-refractivity contribution in [2.75, 3.05) is 6.54 Å². The Labute approximate surface area is 341 Å². The monoisotopic (exact) mass is 805 g/mol. The number of carbonyl (C=O) groups is 5. The number of carbonyl (C=O) groups excluding carboxylic acids is 5. The van der Waals surface area contributed by atoms with Gasteiger partial charge < -0.3 is 42.4 Å². The van der Waals surface area contributed by atoms with E-state index in [2.05, 4.69) is 47.1 Å². The van der Waals surface area contributed by atoms with Gasteiger partial charge in [-0.3, -0.25) is 24.0 Å². The molecule has 0 radical (unpaired) electrons. The van der Waals surface area contributed by atoms with Crippen LogP contribution in [-0.4, -0.2) is 90.5 Å². The number of fused-ring (bicyclic) bond motifs is 2. The number of tetrazole rings is 1. The number of aromatic hydroxyl groups is 1. The fourth-order valence-corrected chi connectivity index (χ4v) is 7.17. The minimum atomic E-state index is -1.21. The highest BCUT2D eigenvalue weighted by atomic mass is 16.3. The molecule has 17 heteroatoms. The number of aromatic nitrogens is 5. The van der Waals surface area contributed by atoms with Gasteiger partial charge in [0.05, 0.1) is 6.04 Å². The Bertz CT molecular complexity index is 2220. The number of phenolic OH excluding ortho intramolecular Hbond substituents is 1. The minimum Gasteiger partial charge on any atom is -0.508 e. The van der Waals surface area contributed by atoms with E-state index in [-0.39, 0.29) is 43.2 Å². The number of unbranched alkanes of at least 4 members (excludes halogenated alkanes) is 1. The second kappa shape index (κ2) is 19.7. The summed E-state index contributed by atoms with van der Waals surface area (Å²) in [5.74, 6) is -3.20. The molecular weight excluding hydrogens is 755 g/mol. The van der Waals surface area contributed by atoms with Crippen LogP contribution >= 0.6 is 0 Å². The van der Waals surface area contributed by atoms with Crippen LogP contribution in [0, 0.1) is 5.92 Å². The first-order valence-corrected chi connectivity index (χ1v) is 19.8. The second-order valence-corrected chi connectivity index (χ2v) is 15.1. The molecule has 59 heavy (non-hydrogen) atoms. The van der Waals surface area contributed by atoms with Crippen molar-refractivity contribution in [2.24, 2.45) is 11.7 Å².